The Kier molecular flexibility index (Phi) is 9.21. The van der Waals surface area contributed by atoms with E-state index < -0.39 is 23.6 Å². The molecule has 0 aliphatic carbocycles. The van der Waals surface area contributed by atoms with E-state index in [9.17, 15) is 18.4 Å². The lowest BCUT2D eigenvalue weighted by Gasteiger charge is -2.21. The second kappa shape index (κ2) is 11.6. The number of benzene rings is 2. The summed E-state index contributed by atoms with van der Waals surface area (Å²) in [6.07, 6.45) is 1.20. The van der Waals surface area contributed by atoms with E-state index in [0.717, 1.165) is 49.3 Å². The van der Waals surface area contributed by atoms with Crippen LogP contribution < -0.4 is 10.6 Å². The van der Waals surface area contributed by atoms with Crippen LogP contribution >= 0.6 is 11.6 Å². The fourth-order valence-corrected chi connectivity index (χ4v) is 3.49. The molecule has 1 unspecified atom stereocenters. The van der Waals surface area contributed by atoms with Crippen molar-refractivity contribution >= 4 is 29.2 Å². The Bertz CT molecular complexity index is 926. The topological polar surface area (TPSA) is 98.7 Å². The molecule has 168 valence electrons. The molecule has 3 rings (SSSR count). The Balaban J connectivity index is 0.000000366. The molecule has 2 aromatic rings. The summed E-state index contributed by atoms with van der Waals surface area (Å²) in [5.74, 6) is -3.02. The molecule has 0 saturated heterocycles. The molecule has 1 heterocycles. The average Bonchev–Trinajstić information content (AvgIpc) is 2.96. The van der Waals surface area contributed by atoms with Crippen LogP contribution in [0.15, 0.2) is 30.3 Å². The first-order valence-electron chi connectivity index (χ1n) is 9.85. The number of carboxylic acids is 2. The third kappa shape index (κ3) is 7.48. The summed E-state index contributed by atoms with van der Waals surface area (Å²) in [7, 11) is 0. The molecule has 0 saturated carbocycles. The molecule has 0 bridgehead atoms. The molecule has 6 nitrogen and oxygen atoms in total. The molecule has 0 aromatic heterocycles. The van der Waals surface area contributed by atoms with Gasteiger partial charge in [0, 0.05) is 5.56 Å². The molecule has 2 aromatic carbocycles. The second-order valence-corrected chi connectivity index (χ2v) is 7.54. The van der Waals surface area contributed by atoms with Crippen molar-refractivity contribution in [2.75, 3.05) is 18.4 Å². The zero-order valence-corrected chi connectivity index (χ0v) is 17.8. The summed E-state index contributed by atoms with van der Waals surface area (Å²) < 4.78 is 27.4. The Hall–Kier alpha value is -2.71. The minimum atomic E-state index is -1.08. The molecule has 4 N–H and O–H groups in total. The standard InChI is InChI=1S/C18H19ClF2N2.C4H6O4/c1-11(15-10-13(20)3-5-17(15)21)23-18-14-7-9-22-8-6-12(14)2-4-16(18)19;5-3(6)1-2-4(7)8/h2-5,10-11,22-23H,6-9H2,1H3;1-2H2,(H,5,6)(H,7,8). The predicted octanol–water partition coefficient (Wildman–Crippen LogP) is 4.42. The fourth-order valence-electron chi connectivity index (χ4n) is 3.25. The summed E-state index contributed by atoms with van der Waals surface area (Å²) in [4.78, 5) is 19.3. The van der Waals surface area contributed by atoms with Crippen LogP contribution in [0.1, 0.15) is 42.5 Å². The number of carbonyl (C=O) groups is 2. The monoisotopic (exact) mass is 454 g/mol. The van der Waals surface area contributed by atoms with Gasteiger partial charge in [-0.05, 0) is 68.2 Å². The average molecular weight is 455 g/mol. The van der Waals surface area contributed by atoms with Crippen LogP contribution in [0, 0.1) is 11.6 Å². The normalized spacial score (nSPS) is 13.8. The summed E-state index contributed by atoms with van der Waals surface area (Å²) in [5.41, 5.74) is 3.52. The van der Waals surface area contributed by atoms with Crippen molar-refractivity contribution in [1.29, 1.82) is 0 Å². The van der Waals surface area contributed by atoms with Crippen LogP contribution in [0.25, 0.3) is 0 Å². The van der Waals surface area contributed by atoms with Crippen molar-refractivity contribution in [3.05, 3.63) is 63.7 Å². The van der Waals surface area contributed by atoms with Crippen LogP contribution in [-0.2, 0) is 22.4 Å². The van der Waals surface area contributed by atoms with Crippen molar-refractivity contribution in [3.8, 4) is 0 Å². The van der Waals surface area contributed by atoms with Crippen LogP contribution in [0.5, 0.6) is 0 Å². The van der Waals surface area contributed by atoms with Gasteiger partial charge in [0.15, 0.2) is 0 Å². The summed E-state index contributed by atoms with van der Waals surface area (Å²) >= 11 is 6.37. The largest absolute Gasteiger partial charge is 0.481 e. The Morgan fingerprint density at radius 3 is 2.39 bits per heavy atom. The first-order chi connectivity index (χ1) is 14.7. The number of carboxylic acid groups (broad SMARTS) is 2. The van der Waals surface area contributed by atoms with Crippen LogP contribution in [0.4, 0.5) is 14.5 Å². The van der Waals surface area contributed by atoms with E-state index in [1.54, 1.807) is 0 Å². The minimum Gasteiger partial charge on any atom is -0.481 e. The lowest BCUT2D eigenvalue weighted by Crippen LogP contribution is -2.16. The highest BCUT2D eigenvalue weighted by Crippen LogP contribution is 2.34. The van der Waals surface area contributed by atoms with E-state index >= 15 is 0 Å². The maximum absolute atomic E-state index is 14.0. The molecule has 1 aliphatic heterocycles. The van der Waals surface area contributed by atoms with E-state index in [1.165, 1.54) is 11.6 Å². The Morgan fingerprint density at radius 2 is 1.74 bits per heavy atom. The predicted molar refractivity (Wildman–Crippen MR) is 115 cm³/mol. The van der Waals surface area contributed by atoms with Crippen molar-refractivity contribution in [2.24, 2.45) is 0 Å². The van der Waals surface area contributed by atoms with Gasteiger partial charge in [0.05, 0.1) is 29.6 Å². The highest BCUT2D eigenvalue weighted by molar-refractivity contribution is 6.33. The smallest absolute Gasteiger partial charge is 0.303 e. The van der Waals surface area contributed by atoms with Crippen molar-refractivity contribution in [1.82, 2.24) is 5.32 Å². The van der Waals surface area contributed by atoms with Gasteiger partial charge in [-0.1, -0.05) is 17.7 Å². The van der Waals surface area contributed by atoms with Gasteiger partial charge in [0.25, 0.3) is 0 Å². The second-order valence-electron chi connectivity index (χ2n) is 7.13. The van der Waals surface area contributed by atoms with Gasteiger partial charge in [-0.15, -0.1) is 0 Å². The molecule has 0 amide bonds. The summed E-state index contributed by atoms with van der Waals surface area (Å²) in [6.45, 7) is 3.62. The molecule has 1 aliphatic rings. The molecular weight excluding hydrogens is 430 g/mol. The van der Waals surface area contributed by atoms with Crippen molar-refractivity contribution < 1.29 is 28.6 Å². The number of anilines is 1. The third-order valence-electron chi connectivity index (χ3n) is 4.82. The fraction of sp³-hybridized carbons (Fsp3) is 0.364. The molecule has 1 atom stereocenters. The van der Waals surface area contributed by atoms with Crippen molar-refractivity contribution in [3.63, 3.8) is 0 Å². The molecule has 0 fully saturated rings. The van der Waals surface area contributed by atoms with E-state index in [4.69, 9.17) is 21.8 Å². The van der Waals surface area contributed by atoms with Crippen LogP contribution in [-0.4, -0.2) is 35.2 Å². The molecule has 9 heteroatoms. The number of hydrogen-bond acceptors (Lipinski definition) is 4. The van der Waals surface area contributed by atoms with Gasteiger partial charge in [0.1, 0.15) is 11.6 Å². The minimum absolute atomic E-state index is 0.296. The SMILES string of the molecule is CC(Nc1c(Cl)ccc2c1CCNCC2)c1cc(F)ccc1F.O=C(O)CCC(=O)O. The van der Waals surface area contributed by atoms with E-state index in [-0.39, 0.29) is 18.9 Å². The van der Waals surface area contributed by atoms with E-state index in [2.05, 4.69) is 10.6 Å². The zero-order chi connectivity index (χ0) is 23.0. The number of halogens is 3. The molecule has 0 radical (unpaired) electrons. The van der Waals surface area contributed by atoms with Crippen molar-refractivity contribution in [2.45, 2.75) is 38.6 Å². The van der Waals surface area contributed by atoms with Gasteiger partial charge in [-0.3, -0.25) is 9.59 Å². The first-order valence-corrected chi connectivity index (χ1v) is 10.2. The van der Waals surface area contributed by atoms with Gasteiger partial charge >= 0.3 is 11.9 Å². The zero-order valence-electron chi connectivity index (χ0n) is 17.1. The molecule has 31 heavy (non-hydrogen) atoms. The number of fused-ring (bicyclic) bond motifs is 1. The number of aliphatic carboxylic acids is 2. The number of hydrogen-bond donors (Lipinski definition) is 4. The Morgan fingerprint density at radius 1 is 1.10 bits per heavy atom. The third-order valence-corrected chi connectivity index (χ3v) is 5.14. The highest BCUT2D eigenvalue weighted by atomic mass is 35.5. The number of rotatable bonds is 6. The van der Waals surface area contributed by atoms with Crippen LogP contribution in [0.2, 0.25) is 5.02 Å². The maximum atomic E-state index is 14.0. The quantitative estimate of drug-likeness (QED) is 0.516. The van der Waals surface area contributed by atoms with E-state index in [0.29, 0.717) is 10.6 Å². The van der Waals surface area contributed by atoms with Gasteiger partial charge in [0.2, 0.25) is 0 Å². The van der Waals surface area contributed by atoms with E-state index in [1.807, 2.05) is 19.1 Å². The highest BCUT2D eigenvalue weighted by Gasteiger charge is 2.18. The lowest BCUT2D eigenvalue weighted by atomic mass is 9.99. The lowest BCUT2D eigenvalue weighted by molar-refractivity contribution is -0.143. The van der Waals surface area contributed by atoms with Gasteiger partial charge < -0.3 is 20.8 Å². The maximum Gasteiger partial charge on any atom is 0.303 e. The Labute approximate surface area is 184 Å². The molecule has 0 spiro atoms. The number of nitrogens with one attached hydrogen (secondary N) is 2. The molecular formula is C22H25ClF2N2O4. The van der Waals surface area contributed by atoms with Gasteiger partial charge in [-0.25, -0.2) is 8.78 Å². The van der Waals surface area contributed by atoms with Gasteiger partial charge in [-0.2, -0.15) is 0 Å². The first kappa shape index (κ1) is 24.6. The summed E-state index contributed by atoms with van der Waals surface area (Å²) in [6, 6.07) is 7.03. The van der Waals surface area contributed by atoms with Crippen LogP contribution in [0.3, 0.4) is 0 Å². The summed E-state index contributed by atoms with van der Waals surface area (Å²) in [5, 5.41) is 23.0.